The molecule has 19 heavy (non-hydrogen) atoms. The van der Waals surface area contributed by atoms with Crippen molar-refractivity contribution in [3.8, 4) is 0 Å². The lowest BCUT2D eigenvalue weighted by molar-refractivity contribution is -0.113. The van der Waals surface area contributed by atoms with Crippen molar-refractivity contribution < 1.29 is 0 Å². The molecule has 1 aromatic rings. The van der Waals surface area contributed by atoms with Crippen molar-refractivity contribution in [2.24, 2.45) is 35.4 Å². The summed E-state index contributed by atoms with van der Waals surface area (Å²) in [5.41, 5.74) is 8.89. The monoisotopic (exact) mass is 259 g/mol. The molecular formula is C16H25N3. The Morgan fingerprint density at radius 1 is 1.32 bits per heavy atom. The van der Waals surface area contributed by atoms with Gasteiger partial charge in [0.2, 0.25) is 0 Å². The van der Waals surface area contributed by atoms with Gasteiger partial charge in [0, 0.05) is 24.8 Å². The van der Waals surface area contributed by atoms with Gasteiger partial charge in [-0.3, -0.25) is 4.68 Å². The standard InChI is InChI=1S/C16H25N3/c1-15-4-11-3-12(5-15)7-16(6-11,10-15)14(17)13-8-18-19(2)9-13/h8-9,11-12,14H,3-7,10,17H2,1-2H3. The fourth-order valence-electron chi connectivity index (χ4n) is 6.12. The van der Waals surface area contributed by atoms with E-state index in [0.717, 1.165) is 11.8 Å². The molecule has 0 saturated heterocycles. The number of aryl methyl sites for hydroxylation is 1. The van der Waals surface area contributed by atoms with E-state index in [1.807, 2.05) is 17.9 Å². The van der Waals surface area contributed by atoms with Crippen LogP contribution in [0.5, 0.6) is 0 Å². The molecule has 0 spiro atoms. The second-order valence-corrected chi connectivity index (χ2v) is 8.06. The molecule has 4 aliphatic carbocycles. The molecule has 4 aliphatic rings. The minimum atomic E-state index is 0.187. The maximum absolute atomic E-state index is 6.71. The van der Waals surface area contributed by atoms with Crippen LogP contribution in [0.15, 0.2) is 12.4 Å². The Hall–Kier alpha value is -0.830. The summed E-state index contributed by atoms with van der Waals surface area (Å²) in [6.07, 6.45) is 12.5. The molecule has 4 fully saturated rings. The van der Waals surface area contributed by atoms with Crippen molar-refractivity contribution >= 4 is 0 Å². The molecule has 4 bridgehead atoms. The van der Waals surface area contributed by atoms with E-state index >= 15 is 0 Å². The van der Waals surface area contributed by atoms with Crippen LogP contribution in [0.2, 0.25) is 0 Å². The second-order valence-electron chi connectivity index (χ2n) is 8.06. The molecule has 104 valence electrons. The molecule has 0 aliphatic heterocycles. The fraction of sp³-hybridized carbons (Fsp3) is 0.812. The van der Waals surface area contributed by atoms with Gasteiger partial charge in [-0.05, 0) is 61.2 Å². The van der Waals surface area contributed by atoms with Gasteiger partial charge in [-0.25, -0.2) is 0 Å². The summed E-state index contributed by atoms with van der Waals surface area (Å²) >= 11 is 0. The normalized spacial score (nSPS) is 45.6. The first kappa shape index (κ1) is 12.0. The zero-order chi connectivity index (χ0) is 13.3. The van der Waals surface area contributed by atoms with Crippen molar-refractivity contribution in [3.05, 3.63) is 18.0 Å². The predicted molar refractivity (Wildman–Crippen MR) is 75.4 cm³/mol. The summed E-state index contributed by atoms with van der Waals surface area (Å²) in [6.45, 7) is 2.51. The summed E-state index contributed by atoms with van der Waals surface area (Å²) in [5.74, 6) is 1.88. The average molecular weight is 259 g/mol. The summed E-state index contributed by atoms with van der Waals surface area (Å²) < 4.78 is 1.89. The van der Waals surface area contributed by atoms with Crippen LogP contribution in [0.1, 0.15) is 57.1 Å². The van der Waals surface area contributed by atoms with Gasteiger partial charge < -0.3 is 5.73 Å². The van der Waals surface area contributed by atoms with Crippen molar-refractivity contribution in [2.75, 3.05) is 0 Å². The molecule has 1 heterocycles. The van der Waals surface area contributed by atoms with E-state index in [1.165, 1.54) is 44.1 Å². The van der Waals surface area contributed by atoms with Crippen LogP contribution in [0, 0.1) is 22.7 Å². The zero-order valence-electron chi connectivity index (χ0n) is 12.1. The van der Waals surface area contributed by atoms with E-state index in [1.54, 1.807) is 0 Å². The Kier molecular flexibility index (Phi) is 2.28. The van der Waals surface area contributed by atoms with Crippen molar-refractivity contribution in [3.63, 3.8) is 0 Å². The Morgan fingerprint density at radius 3 is 2.53 bits per heavy atom. The first-order valence-corrected chi connectivity index (χ1v) is 7.72. The molecule has 4 saturated carbocycles. The van der Waals surface area contributed by atoms with E-state index in [0.29, 0.717) is 10.8 Å². The van der Waals surface area contributed by atoms with E-state index in [9.17, 15) is 0 Å². The Labute approximate surface area is 115 Å². The number of aromatic nitrogens is 2. The molecule has 3 nitrogen and oxygen atoms in total. The van der Waals surface area contributed by atoms with Gasteiger partial charge >= 0.3 is 0 Å². The highest BCUT2D eigenvalue weighted by atomic mass is 15.2. The maximum Gasteiger partial charge on any atom is 0.0537 e. The van der Waals surface area contributed by atoms with E-state index in [4.69, 9.17) is 5.73 Å². The van der Waals surface area contributed by atoms with Crippen LogP contribution in [0.4, 0.5) is 0 Å². The lowest BCUT2D eigenvalue weighted by atomic mass is 9.43. The summed E-state index contributed by atoms with van der Waals surface area (Å²) in [6, 6.07) is 0.187. The molecule has 0 aromatic carbocycles. The Bertz CT molecular complexity index is 490. The Morgan fingerprint density at radius 2 is 2.00 bits per heavy atom. The van der Waals surface area contributed by atoms with Gasteiger partial charge in [0.15, 0.2) is 0 Å². The fourth-order valence-corrected chi connectivity index (χ4v) is 6.12. The van der Waals surface area contributed by atoms with Crippen molar-refractivity contribution in [1.29, 1.82) is 0 Å². The predicted octanol–water partition coefficient (Wildman–Crippen LogP) is 3.03. The molecule has 3 heteroatoms. The topological polar surface area (TPSA) is 43.8 Å². The maximum atomic E-state index is 6.71. The van der Waals surface area contributed by atoms with Crippen molar-refractivity contribution in [2.45, 2.75) is 51.5 Å². The van der Waals surface area contributed by atoms with Crippen LogP contribution in [0.3, 0.4) is 0 Å². The molecule has 0 amide bonds. The van der Waals surface area contributed by atoms with Crippen LogP contribution >= 0.6 is 0 Å². The second kappa shape index (κ2) is 3.63. The quantitative estimate of drug-likeness (QED) is 0.887. The average Bonchev–Trinajstić information content (AvgIpc) is 2.71. The summed E-state index contributed by atoms with van der Waals surface area (Å²) in [4.78, 5) is 0. The van der Waals surface area contributed by atoms with Crippen LogP contribution in [-0.2, 0) is 7.05 Å². The summed E-state index contributed by atoms with van der Waals surface area (Å²) in [7, 11) is 1.98. The number of nitrogens with zero attached hydrogens (tertiary/aromatic N) is 2. The highest BCUT2D eigenvalue weighted by Gasteiger charge is 2.57. The molecule has 0 radical (unpaired) electrons. The first-order valence-electron chi connectivity index (χ1n) is 7.72. The molecular weight excluding hydrogens is 234 g/mol. The molecule has 1 aromatic heterocycles. The van der Waals surface area contributed by atoms with Crippen LogP contribution in [0.25, 0.3) is 0 Å². The highest BCUT2D eigenvalue weighted by Crippen LogP contribution is 2.67. The number of rotatable bonds is 2. The van der Waals surface area contributed by atoms with Gasteiger partial charge in [-0.2, -0.15) is 5.10 Å². The lowest BCUT2D eigenvalue weighted by Crippen LogP contribution is -2.54. The third kappa shape index (κ3) is 1.70. The smallest absolute Gasteiger partial charge is 0.0537 e. The van der Waals surface area contributed by atoms with Crippen LogP contribution in [-0.4, -0.2) is 9.78 Å². The minimum Gasteiger partial charge on any atom is -0.323 e. The first-order chi connectivity index (χ1) is 8.98. The largest absolute Gasteiger partial charge is 0.323 e. The van der Waals surface area contributed by atoms with E-state index < -0.39 is 0 Å². The number of hydrogen-bond acceptors (Lipinski definition) is 2. The third-order valence-corrected chi connectivity index (χ3v) is 6.14. The molecule has 3 unspecified atom stereocenters. The minimum absolute atomic E-state index is 0.187. The number of hydrogen-bond donors (Lipinski definition) is 1. The van der Waals surface area contributed by atoms with Gasteiger partial charge in [-0.15, -0.1) is 0 Å². The summed E-state index contributed by atoms with van der Waals surface area (Å²) in [5, 5.41) is 4.32. The van der Waals surface area contributed by atoms with Gasteiger partial charge in [-0.1, -0.05) is 6.92 Å². The van der Waals surface area contributed by atoms with Gasteiger partial charge in [0.05, 0.1) is 6.20 Å². The number of nitrogens with two attached hydrogens (primary N) is 1. The van der Waals surface area contributed by atoms with E-state index in [-0.39, 0.29) is 6.04 Å². The lowest BCUT2D eigenvalue weighted by Gasteiger charge is -2.63. The molecule has 3 atom stereocenters. The molecule has 5 rings (SSSR count). The zero-order valence-corrected chi connectivity index (χ0v) is 12.1. The highest BCUT2D eigenvalue weighted by molar-refractivity contribution is 5.19. The van der Waals surface area contributed by atoms with E-state index in [2.05, 4.69) is 18.2 Å². The Balaban J connectivity index is 1.70. The third-order valence-electron chi connectivity index (χ3n) is 6.14. The SMILES string of the molecule is Cn1cc(C(N)C23CC4CC(CC(C)(C4)C2)C3)cn1. The van der Waals surface area contributed by atoms with Crippen LogP contribution < -0.4 is 5.73 Å². The van der Waals surface area contributed by atoms with Crippen molar-refractivity contribution in [1.82, 2.24) is 9.78 Å². The van der Waals surface area contributed by atoms with Gasteiger partial charge in [0.25, 0.3) is 0 Å². The van der Waals surface area contributed by atoms with Gasteiger partial charge in [0.1, 0.15) is 0 Å². The molecule has 2 N–H and O–H groups in total.